The topological polar surface area (TPSA) is 65.3 Å². The second-order valence-electron chi connectivity index (χ2n) is 7.36. The van der Waals surface area contributed by atoms with E-state index < -0.39 is 6.41 Å². The number of hydrogen-bond acceptors (Lipinski definition) is 4. The quantitative estimate of drug-likeness (QED) is 0.767. The van der Waals surface area contributed by atoms with Crippen LogP contribution in [0.3, 0.4) is 0 Å². The molecule has 3 rings (SSSR count). The van der Waals surface area contributed by atoms with E-state index in [0.29, 0.717) is 0 Å². The van der Waals surface area contributed by atoms with Crippen LogP contribution in [0.1, 0.15) is 59.3 Å². The molecule has 0 radical (unpaired) electrons. The van der Waals surface area contributed by atoms with Crippen LogP contribution in [-0.2, 0) is 4.74 Å². The zero-order chi connectivity index (χ0) is 14.1. The standard InChI is InChI=1S/C15H26N2O2/c1-13(2,3)19-12(18)17-11-15-7-4-14(10-16,5-8-15)6-9-15/h12,17-18H,4-9,11H2,1-3H3/t12?,14-,15+. The maximum Gasteiger partial charge on any atom is 0.214 e. The van der Waals surface area contributed by atoms with Crippen LogP contribution in [0.5, 0.6) is 0 Å². The van der Waals surface area contributed by atoms with Crippen molar-refractivity contribution in [3.63, 3.8) is 0 Å². The molecule has 3 fully saturated rings. The minimum Gasteiger partial charge on any atom is -0.356 e. The van der Waals surface area contributed by atoms with Gasteiger partial charge in [-0.3, -0.25) is 5.32 Å². The number of aliphatic hydroxyl groups excluding tert-OH is 1. The van der Waals surface area contributed by atoms with Crippen molar-refractivity contribution in [1.29, 1.82) is 5.26 Å². The number of hydrogen-bond donors (Lipinski definition) is 2. The highest BCUT2D eigenvalue weighted by atomic mass is 16.6. The van der Waals surface area contributed by atoms with Gasteiger partial charge in [0, 0.05) is 6.54 Å². The van der Waals surface area contributed by atoms with Gasteiger partial charge >= 0.3 is 0 Å². The molecule has 4 nitrogen and oxygen atoms in total. The maximum absolute atomic E-state index is 9.85. The Morgan fingerprint density at radius 2 is 1.74 bits per heavy atom. The molecule has 0 aromatic rings. The molecule has 1 unspecified atom stereocenters. The Morgan fingerprint density at radius 1 is 1.21 bits per heavy atom. The summed E-state index contributed by atoms with van der Waals surface area (Å²) in [5.74, 6) is 0. The molecule has 0 aromatic carbocycles. The van der Waals surface area contributed by atoms with Crippen molar-refractivity contribution in [3.05, 3.63) is 0 Å². The van der Waals surface area contributed by atoms with E-state index in [2.05, 4.69) is 11.4 Å². The van der Waals surface area contributed by atoms with Crippen LogP contribution in [0.25, 0.3) is 0 Å². The first-order chi connectivity index (χ1) is 8.78. The first kappa shape index (κ1) is 14.8. The van der Waals surface area contributed by atoms with Crippen LogP contribution >= 0.6 is 0 Å². The molecule has 0 aromatic heterocycles. The Kier molecular flexibility index (Phi) is 3.92. The van der Waals surface area contributed by atoms with Gasteiger partial charge in [0.1, 0.15) is 0 Å². The van der Waals surface area contributed by atoms with Crippen LogP contribution in [0.4, 0.5) is 0 Å². The third kappa shape index (κ3) is 3.47. The highest BCUT2D eigenvalue weighted by molar-refractivity contribution is 5.09. The van der Waals surface area contributed by atoms with E-state index in [1.54, 1.807) is 0 Å². The van der Waals surface area contributed by atoms with Gasteiger partial charge in [0.05, 0.1) is 17.1 Å². The fourth-order valence-corrected chi connectivity index (χ4v) is 3.38. The van der Waals surface area contributed by atoms with Crippen molar-refractivity contribution < 1.29 is 9.84 Å². The number of fused-ring (bicyclic) bond motifs is 3. The summed E-state index contributed by atoms with van der Waals surface area (Å²) in [5, 5.41) is 22.2. The number of aliphatic hydroxyl groups is 1. The van der Waals surface area contributed by atoms with Crippen LogP contribution in [0, 0.1) is 22.2 Å². The van der Waals surface area contributed by atoms with Gasteiger partial charge in [-0.05, 0) is 64.7 Å². The van der Waals surface area contributed by atoms with Gasteiger partial charge in [-0.2, -0.15) is 5.26 Å². The molecule has 3 aliphatic rings. The SMILES string of the molecule is CC(C)(C)OC(O)NC[C@]12CC[C@](C#N)(CC1)CC2. The van der Waals surface area contributed by atoms with Crippen molar-refractivity contribution in [1.82, 2.24) is 5.32 Å². The lowest BCUT2D eigenvalue weighted by Crippen LogP contribution is -2.49. The summed E-state index contributed by atoms with van der Waals surface area (Å²) in [6, 6.07) is 2.52. The second kappa shape index (κ2) is 5.05. The third-order valence-corrected chi connectivity index (χ3v) is 4.76. The van der Waals surface area contributed by atoms with Gasteiger partial charge in [0.25, 0.3) is 0 Å². The van der Waals surface area contributed by atoms with Gasteiger partial charge in [-0.25, -0.2) is 0 Å². The average Bonchev–Trinajstić information content (AvgIpc) is 2.37. The van der Waals surface area contributed by atoms with Gasteiger partial charge < -0.3 is 9.84 Å². The highest BCUT2D eigenvalue weighted by Gasteiger charge is 2.48. The summed E-state index contributed by atoms with van der Waals surface area (Å²) >= 11 is 0. The molecule has 2 N–H and O–H groups in total. The Morgan fingerprint density at radius 3 is 2.16 bits per heavy atom. The number of nitrogens with one attached hydrogen (secondary N) is 1. The Bertz CT molecular complexity index is 343. The Balaban J connectivity index is 1.83. The molecular formula is C15H26N2O2. The second-order valence-corrected chi connectivity index (χ2v) is 7.36. The van der Waals surface area contributed by atoms with E-state index in [4.69, 9.17) is 4.74 Å². The van der Waals surface area contributed by atoms with Crippen molar-refractivity contribution in [2.24, 2.45) is 10.8 Å². The highest BCUT2D eigenvalue weighted by Crippen LogP contribution is 2.56. The van der Waals surface area contributed by atoms with Crippen LogP contribution < -0.4 is 5.32 Å². The van der Waals surface area contributed by atoms with Crippen molar-refractivity contribution in [2.45, 2.75) is 71.3 Å². The van der Waals surface area contributed by atoms with E-state index in [1.807, 2.05) is 20.8 Å². The summed E-state index contributed by atoms with van der Waals surface area (Å²) in [7, 11) is 0. The molecular weight excluding hydrogens is 240 g/mol. The fourth-order valence-electron chi connectivity index (χ4n) is 3.38. The van der Waals surface area contributed by atoms with Crippen LogP contribution in [0.2, 0.25) is 0 Å². The van der Waals surface area contributed by atoms with Gasteiger partial charge in [-0.15, -0.1) is 0 Å². The predicted octanol–water partition coefficient (Wildman–Crippen LogP) is 2.53. The predicted molar refractivity (Wildman–Crippen MR) is 73.0 cm³/mol. The van der Waals surface area contributed by atoms with Crippen molar-refractivity contribution >= 4 is 0 Å². The Labute approximate surface area is 116 Å². The van der Waals surface area contributed by atoms with Crippen molar-refractivity contribution in [3.8, 4) is 6.07 Å². The Hall–Kier alpha value is -0.630. The molecule has 4 heteroatoms. The molecule has 1 atom stereocenters. The zero-order valence-electron chi connectivity index (χ0n) is 12.3. The monoisotopic (exact) mass is 266 g/mol. The summed E-state index contributed by atoms with van der Waals surface area (Å²) < 4.78 is 5.46. The van der Waals surface area contributed by atoms with Crippen molar-refractivity contribution in [2.75, 3.05) is 6.54 Å². The molecule has 0 saturated heterocycles. The number of ether oxygens (including phenoxy) is 1. The molecule has 0 amide bonds. The van der Waals surface area contributed by atoms with Gasteiger partial charge in [-0.1, -0.05) is 0 Å². The maximum atomic E-state index is 9.85. The van der Waals surface area contributed by atoms with Crippen LogP contribution in [0.15, 0.2) is 0 Å². The molecule has 3 aliphatic carbocycles. The van der Waals surface area contributed by atoms with E-state index in [0.717, 1.165) is 45.1 Å². The van der Waals surface area contributed by atoms with E-state index in [-0.39, 0.29) is 16.4 Å². The third-order valence-electron chi connectivity index (χ3n) is 4.76. The van der Waals surface area contributed by atoms with Crippen LogP contribution in [-0.4, -0.2) is 23.7 Å². The molecule has 0 spiro atoms. The van der Waals surface area contributed by atoms with E-state index in [1.165, 1.54) is 0 Å². The van der Waals surface area contributed by atoms with Gasteiger partial charge in [0.2, 0.25) is 6.41 Å². The molecule has 19 heavy (non-hydrogen) atoms. The summed E-state index contributed by atoms with van der Waals surface area (Å²) in [4.78, 5) is 0. The molecule has 108 valence electrons. The summed E-state index contributed by atoms with van der Waals surface area (Å²) in [6.45, 7) is 6.57. The van der Waals surface area contributed by atoms with E-state index >= 15 is 0 Å². The number of nitriles is 1. The smallest absolute Gasteiger partial charge is 0.214 e. The minimum atomic E-state index is -0.904. The lowest BCUT2D eigenvalue weighted by atomic mass is 9.54. The lowest BCUT2D eigenvalue weighted by molar-refractivity contribution is -0.186. The van der Waals surface area contributed by atoms with E-state index in [9.17, 15) is 10.4 Å². The van der Waals surface area contributed by atoms with Gasteiger partial charge in [0.15, 0.2) is 0 Å². The summed E-state index contributed by atoms with van der Waals surface area (Å²) in [5.41, 5.74) is -0.123. The minimum absolute atomic E-state index is 0.0394. The average molecular weight is 266 g/mol. The zero-order valence-corrected chi connectivity index (χ0v) is 12.3. The fraction of sp³-hybridized carbons (Fsp3) is 0.933. The number of rotatable bonds is 4. The largest absolute Gasteiger partial charge is 0.356 e. The molecule has 2 bridgehead atoms. The molecule has 0 heterocycles. The summed E-state index contributed by atoms with van der Waals surface area (Å²) in [6.07, 6.45) is 5.42. The normalized spacial score (nSPS) is 35.9. The molecule has 0 aliphatic heterocycles. The number of nitrogens with zero attached hydrogens (tertiary/aromatic N) is 1. The first-order valence-corrected chi connectivity index (χ1v) is 7.29. The first-order valence-electron chi connectivity index (χ1n) is 7.29. The molecule has 3 saturated carbocycles. The lowest BCUT2D eigenvalue weighted by Gasteiger charge is -2.50.